The lowest BCUT2D eigenvalue weighted by molar-refractivity contribution is 0.200. The Hall–Kier alpha value is -4.50. The number of nitrogens with one attached hydrogen (secondary N) is 1. The Bertz CT molecular complexity index is 1730. The zero-order valence-electron chi connectivity index (χ0n) is 24.0. The van der Waals surface area contributed by atoms with Crippen LogP contribution in [0.1, 0.15) is 39.7 Å². The topological polar surface area (TPSA) is 92.2 Å². The van der Waals surface area contributed by atoms with Gasteiger partial charge in [0.2, 0.25) is 0 Å². The summed E-state index contributed by atoms with van der Waals surface area (Å²) in [4.78, 5) is 21.5. The highest BCUT2D eigenvalue weighted by Gasteiger charge is 2.33. The van der Waals surface area contributed by atoms with Gasteiger partial charge in [-0.2, -0.15) is 0 Å². The van der Waals surface area contributed by atoms with Crippen molar-refractivity contribution < 1.29 is 4.74 Å². The molecule has 1 N–H and O–H groups in total. The number of rotatable bonds is 7. The van der Waals surface area contributed by atoms with Gasteiger partial charge in [-0.05, 0) is 89.7 Å². The molecule has 3 heterocycles. The Morgan fingerprint density at radius 1 is 0.951 bits per heavy atom. The van der Waals surface area contributed by atoms with E-state index in [9.17, 15) is 4.79 Å². The standard InChI is InChI=1S/C32H35N7O2/c1-21-8-13-28-25(18-21)19-27(32(40)33-28)30(31-34-35-36-39(31)20-24-9-11-26(41-4)12-10-24)38-16-14-37(15-17-38)29-7-5-6-22(2)23(29)3/h5-13,18-19,30H,14-17,20H2,1-4H3,(H,33,40)/t30-/m1/s1. The molecule has 0 bridgehead atoms. The summed E-state index contributed by atoms with van der Waals surface area (Å²) >= 11 is 0. The first-order valence-electron chi connectivity index (χ1n) is 14.0. The number of hydrogen-bond acceptors (Lipinski definition) is 7. The van der Waals surface area contributed by atoms with E-state index < -0.39 is 6.04 Å². The van der Waals surface area contributed by atoms with Gasteiger partial charge in [-0.1, -0.05) is 35.9 Å². The number of pyridine rings is 1. The van der Waals surface area contributed by atoms with Gasteiger partial charge in [0, 0.05) is 42.9 Å². The number of H-pyrrole nitrogens is 1. The highest BCUT2D eigenvalue weighted by atomic mass is 16.5. The van der Waals surface area contributed by atoms with Crippen LogP contribution in [-0.4, -0.2) is 63.4 Å². The first-order chi connectivity index (χ1) is 19.9. The number of ether oxygens (including phenoxy) is 1. The number of piperazine rings is 1. The molecule has 210 valence electrons. The van der Waals surface area contributed by atoms with Gasteiger partial charge in [-0.25, -0.2) is 4.68 Å². The van der Waals surface area contributed by atoms with Crippen LogP contribution in [0.3, 0.4) is 0 Å². The van der Waals surface area contributed by atoms with E-state index in [0.29, 0.717) is 17.9 Å². The fourth-order valence-corrected chi connectivity index (χ4v) is 5.77. The number of benzene rings is 3. The van der Waals surface area contributed by atoms with Crippen LogP contribution < -0.4 is 15.2 Å². The summed E-state index contributed by atoms with van der Waals surface area (Å²) in [6, 6.07) is 22.0. The molecule has 2 aromatic heterocycles. The van der Waals surface area contributed by atoms with Crippen molar-refractivity contribution in [2.24, 2.45) is 0 Å². The predicted octanol–water partition coefficient (Wildman–Crippen LogP) is 4.41. The molecule has 0 radical (unpaired) electrons. The van der Waals surface area contributed by atoms with Crippen molar-refractivity contribution in [2.45, 2.75) is 33.4 Å². The van der Waals surface area contributed by atoms with Crippen LogP contribution in [0, 0.1) is 20.8 Å². The summed E-state index contributed by atoms with van der Waals surface area (Å²) in [6.45, 7) is 10.1. The molecule has 0 spiro atoms. The Labute approximate surface area is 239 Å². The van der Waals surface area contributed by atoms with Crippen molar-refractivity contribution in [3.63, 3.8) is 0 Å². The average Bonchev–Trinajstić information content (AvgIpc) is 3.43. The van der Waals surface area contributed by atoms with Gasteiger partial charge < -0.3 is 14.6 Å². The van der Waals surface area contributed by atoms with Gasteiger partial charge in [-0.15, -0.1) is 5.10 Å². The summed E-state index contributed by atoms with van der Waals surface area (Å²) in [7, 11) is 1.65. The molecule has 6 rings (SSSR count). The van der Waals surface area contributed by atoms with Crippen LogP contribution >= 0.6 is 0 Å². The van der Waals surface area contributed by atoms with Crippen LogP contribution in [0.15, 0.2) is 71.5 Å². The number of methoxy groups -OCH3 is 1. The summed E-state index contributed by atoms with van der Waals surface area (Å²) in [5.41, 5.74) is 7.39. The third-order valence-electron chi connectivity index (χ3n) is 8.21. The molecule has 0 amide bonds. The van der Waals surface area contributed by atoms with Crippen molar-refractivity contribution in [1.82, 2.24) is 30.1 Å². The molecule has 41 heavy (non-hydrogen) atoms. The maximum Gasteiger partial charge on any atom is 0.253 e. The third-order valence-corrected chi connectivity index (χ3v) is 8.21. The lowest BCUT2D eigenvalue weighted by Crippen LogP contribution is -2.49. The monoisotopic (exact) mass is 549 g/mol. The Balaban J connectivity index is 1.38. The Kier molecular flexibility index (Phi) is 7.28. The van der Waals surface area contributed by atoms with Crippen molar-refractivity contribution >= 4 is 16.6 Å². The average molecular weight is 550 g/mol. The fraction of sp³-hybridized carbons (Fsp3) is 0.312. The number of aryl methyl sites for hydroxylation is 2. The fourth-order valence-electron chi connectivity index (χ4n) is 5.77. The Morgan fingerprint density at radius 2 is 1.73 bits per heavy atom. The Morgan fingerprint density at radius 3 is 2.49 bits per heavy atom. The smallest absolute Gasteiger partial charge is 0.253 e. The predicted molar refractivity (Wildman–Crippen MR) is 161 cm³/mol. The van der Waals surface area contributed by atoms with Crippen LogP contribution in [0.5, 0.6) is 5.75 Å². The molecule has 1 saturated heterocycles. The van der Waals surface area contributed by atoms with E-state index in [1.807, 2.05) is 47.1 Å². The molecular formula is C32H35N7O2. The maximum absolute atomic E-state index is 13.6. The number of fused-ring (bicyclic) bond motifs is 1. The number of nitrogens with zero attached hydrogens (tertiary/aromatic N) is 6. The summed E-state index contributed by atoms with van der Waals surface area (Å²) in [5, 5.41) is 13.9. The van der Waals surface area contributed by atoms with E-state index in [-0.39, 0.29) is 5.56 Å². The molecule has 3 aromatic carbocycles. The summed E-state index contributed by atoms with van der Waals surface area (Å²) < 4.78 is 7.13. The van der Waals surface area contributed by atoms with E-state index >= 15 is 0 Å². The molecular weight excluding hydrogens is 514 g/mol. The van der Waals surface area contributed by atoms with Gasteiger partial charge in [0.05, 0.1) is 13.7 Å². The van der Waals surface area contributed by atoms with E-state index in [0.717, 1.165) is 54.0 Å². The van der Waals surface area contributed by atoms with Crippen LogP contribution in [-0.2, 0) is 6.54 Å². The van der Waals surface area contributed by atoms with Gasteiger partial charge in [0.1, 0.15) is 11.8 Å². The molecule has 0 saturated carbocycles. The zero-order valence-corrected chi connectivity index (χ0v) is 24.0. The second-order valence-electron chi connectivity index (χ2n) is 10.8. The molecule has 1 aliphatic rings. The first-order valence-corrected chi connectivity index (χ1v) is 14.0. The van der Waals surface area contributed by atoms with E-state index in [4.69, 9.17) is 4.74 Å². The van der Waals surface area contributed by atoms with Crippen molar-refractivity contribution in [3.05, 3.63) is 111 Å². The van der Waals surface area contributed by atoms with E-state index in [2.05, 4.69) is 75.3 Å². The van der Waals surface area contributed by atoms with Gasteiger partial charge >= 0.3 is 0 Å². The number of aromatic amines is 1. The van der Waals surface area contributed by atoms with Crippen LogP contribution in [0.2, 0.25) is 0 Å². The highest BCUT2D eigenvalue weighted by Crippen LogP contribution is 2.30. The van der Waals surface area contributed by atoms with Gasteiger partial charge in [0.15, 0.2) is 5.82 Å². The van der Waals surface area contributed by atoms with Gasteiger partial charge in [-0.3, -0.25) is 9.69 Å². The minimum atomic E-state index is -0.405. The molecule has 1 atom stereocenters. The molecule has 0 unspecified atom stereocenters. The second-order valence-corrected chi connectivity index (χ2v) is 10.8. The van der Waals surface area contributed by atoms with Gasteiger partial charge in [0.25, 0.3) is 5.56 Å². The first kappa shape index (κ1) is 26.7. The third kappa shape index (κ3) is 5.32. The minimum absolute atomic E-state index is 0.123. The minimum Gasteiger partial charge on any atom is -0.497 e. The van der Waals surface area contributed by atoms with Crippen molar-refractivity contribution in [2.75, 3.05) is 38.2 Å². The highest BCUT2D eigenvalue weighted by molar-refractivity contribution is 5.79. The quantitative estimate of drug-likeness (QED) is 0.322. The second kappa shape index (κ2) is 11.2. The normalized spacial score (nSPS) is 14.9. The summed E-state index contributed by atoms with van der Waals surface area (Å²) in [5.74, 6) is 1.45. The van der Waals surface area contributed by atoms with Crippen LogP contribution in [0.4, 0.5) is 5.69 Å². The van der Waals surface area contributed by atoms with Crippen molar-refractivity contribution in [3.8, 4) is 5.75 Å². The van der Waals surface area contributed by atoms with Crippen molar-refractivity contribution in [1.29, 1.82) is 0 Å². The SMILES string of the molecule is COc1ccc(Cn2nnnc2[C@@H](c2cc3cc(C)ccc3[nH]c2=O)N2CCN(c3cccc(C)c3C)CC2)cc1. The van der Waals surface area contributed by atoms with E-state index in [1.54, 1.807) is 7.11 Å². The number of tetrazole rings is 1. The molecule has 1 fully saturated rings. The molecule has 1 aliphatic heterocycles. The van der Waals surface area contributed by atoms with E-state index in [1.165, 1.54) is 16.8 Å². The molecule has 9 heteroatoms. The molecule has 9 nitrogen and oxygen atoms in total. The maximum atomic E-state index is 13.6. The largest absolute Gasteiger partial charge is 0.497 e. The zero-order chi connectivity index (χ0) is 28.5. The molecule has 5 aromatic rings. The summed E-state index contributed by atoms with van der Waals surface area (Å²) in [6.07, 6.45) is 0. The number of aromatic nitrogens is 5. The number of anilines is 1. The van der Waals surface area contributed by atoms with Crippen LogP contribution in [0.25, 0.3) is 10.9 Å². The number of hydrogen-bond donors (Lipinski definition) is 1. The lowest BCUT2D eigenvalue weighted by atomic mass is 10.0. The molecule has 0 aliphatic carbocycles. The lowest BCUT2D eigenvalue weighted by Gasteiger charge is -2.40.